The molecule has 26 heavy (non-hydrogen) atoms. The number of hydrogen-bond donors (Lipinski definition) is 3. The zero-order valence-corrected chi connectivity index (χ0v) is 16.5. The number of ether oxygens (including phenoxy) is 2. The Kier molecular flexibility index (Phi) is 14.1. The van der Waals surface area contributed by atoms with E-state index < -0.39 is 24.4 Å². The van der Waals surface area contributed by atoms with Crippen LogP contribution < -0.4 is 0 Å². The average molecular weight is 373 g/mol. The Balaban J connectivity index is 1.96. The van der Waals surface area contributed by atoms with Crippen molar-refractivity contribution in [1.82, 2.24) is 0 Å². The Morgan fingerprint density at radius 3 is 2.19 bits per heavy atom. The summed E-state index contributed by atoms with van der Waals surface area (Å²) in [4.78, 5) is 0. The van der Waals surface area contributed by atoms with Gasteiger partial charge in [-0.2, -0.15) is 0 Å². The average Bonchev–Trinajstić information content (AvgIpc) is 2.64. The van der Waals surface area contributed by atoms with Crippen LogP contribution in [0.2, 0.25) is 0 Å². The Morgan fingerprint density at radius 1 is 0.923 bits per heavy atom. The van der Waals surface area contributed by atoms with Crippen LogP contribution in [-0.2, 0) is 9.47 Å². The van der Waals surface area contributed by atoms with Gasteiger partial charge in [-0.25, -0.2) is 0 Å². The molecule has 0 radical (unpaired) electrons. The molecule has 0 bridgehead atoms. The highest BCUT2D eigenvalue weighted by Crippen LogP contribution is 2.18. The number of hydrogen-bond acceptors (Lipinski definition) is 5. The lowest BCUT2D eigenvalue weighted by atomic mass is 10.0. The maximum Gasteiger partial charge on any atom is 0.114 e. The van der Waals surface area contributed by atoms with E-state index in [4.69, 9.17) is 14.6 Å². The van der Waals surface area contributed by atoms with E-state index in [1.54, 1.807) is 0 Å². The van der Waals surface area contributed by atoms with Crippen molar-refractivity contribution < 1.29 is 24.8 Å². The maximum absolute atomic E-state index is 10.0. The predicted octanol–water partition coefficient (Wildman–Crippen LogP) is 3.35. The molecular formula is C21H40O5. The van der Waals surface area contributed by atoms with Gasteiger partial charge in [-0.05, 0) is 19.3 Å². The lowest BCUT2D eigenvalue weighted by Gasteiger charge is -2.37. The Hall–Kier alpha value is -0.460. The van der Waals surface area contributed by atoms with Gasteiger partial charge in [0.25, 0.3) is 0 Å². The van der Waals surface area contributed by atoms with E-state index in [1.807, 2.05) is 0 Å². The molecular weight excluding hydrogens is 332 g/mol. The molecule has 0 amide bonds. The molecule has 1 saturated heterocycles. The summed E-state index contributed by atoms with van der Waals surface area (Å²) in [6.45, 7) is 2.52. The normalized spacial score (nSPS) is 26.6. The van der Waals surface area contributed by atoms with E-state index in [1.165, 1.54) is 57.8 Å². The van der Waals surface area contributed by atoms with Crippen molar-refractivity contribution in [2.45, 2.75) is 102 Å². The largest absolute Gasteiger partial charge is 0.394 e. The lowest BCUT2D eigenvalue weighted by molar-refractivity contribution is -0.210. The van der Waals surface area contributed by atoms with E-state index >= 15 is 0 Å². The third-order valence-corrected chi connectivity index (χ3v) is 4.99. The van der Waals surface area contributed by atoms with Gasteiger partial charge in [0.1, 0.15) is 24.4 Å². The van der Waals surface area contributed by atoms with Crippen LogP contribution in [0.25, 0.3) is 0 Å². The first-order valence-electron chi connectivity index (χ1n) is 10.6. The summed E-state index contributed by atoms with van der Waals surface area (Å²) in [6.07, 6.45) is 15.1. The Morgan fingerprint density at radius 2 is 1.54 bits per heavy atom. The molecule has 1 heterocycles. The van der Waals surface area contributed by atoms with Crippen LogP contribution >= 0.6 is 0 Å². The number of unbranched alkanes of at least 4 members (excludes halogenated alkanes) is 9. The molecule has 1 rings (SSSR count). The first kappa shape index (κ1) is 23.6. The molecule has 0 saturated carbocycles. The SMILES string of the molecule is CCCCCCCCCCC/C=C/CCO[C@H]1[C@H](O)[C@@H](CO)OC[C@@H]1O. The van der Waals surface area contributed by atoms with Gasteiger partial charge in [0.2, 0.25) is 0 Å². The number of rotatable bonds is 15. The maximum atomic E-state index is 10.0. The van der Waals surface area contributed by atoms with Crippen molar-refractivity contribution in [2.24, 2.45) is 0 Å². The van der Waals surface area contributed by atoms with Gasteiger partial charge in [0.05, 0.1) is 19.8 Å². The minimum Gasteiger partial charge on any atom is -0.394 e. The zero-order chi connectivity index (χ0) is 19.0. The molecule has 4 atom stereocenters. The summed E-state index contributed by atoms with van der Waals surface area (Å²) >= 11 is 0. The fourth-order valence-electron chi connectivity index (χ4n) is 3.31. The molecule has 5 nitrogen and oxygen atoms in total. The number of aliphatic hydroxyl groups is 3. The summed E-state index contributed by atoms with van der Waals surface area (Å²) < 4.78 is 10.8. The molecule has 154 valence electrons. The topological polar surface area (TPSA) is 79.2 Å². The van der Waals surface area contributed by atoms with Crippen LogP contribution in [0.1, 0.15) is 77.6 Å². The van der Waals surface area contributed by atoms with E-state index in [2.05, 4.69) is 19.1 Å². The second-order valence-electron chi connectivity index (χ2n) is 7.32. The van der Waals surface area contributed by atoms with Gasteiger partial charge in [-0.1, -0.05) is 70.4 Å². The monoisotopic (exact) mass is 372 g/mol. The summed E-state index contributed by atoms with van der Waals surface area (Å²) in [5, 5.41) is 29.0. The molecule has 0 aromatic heterocycles. The molecule has 0 aromatic rings. The highest BCUT2D eigenvalue weighted by Gasteiger charge is 2.38. The van der Waals surface area contributed by atoms with Gasteiger partial charge < -0.3 is 24.8 Å². The quantitative estimate of drug-likeness (QED) is 0.303. The molecule has 3 N–H and O–H groups in total. The molecule has 1 fully saturated rings. The molecule has 5 heteroatoms. The summed E-state index contributed by atoms with van der Waals surface area (Å²) in [5.41, 5.74) is 0. The zero-order valence-electron chi connectivity index (χ0n) is 16.5. The highest BCUT2D eigenvalue weighted by atomic mass is 16.6. The summed E-state index contributed by atoms with van der Waals surface area (Å²) in [7, 11) is 0. The van der Waals surface area contributed by atoms with E-state index in [0.717, 1.165) is 12.8 Å². The summed E-state index contributed by atoms with van der Waals surface area (Å²) in [5.74, 6) is 0. The van der Waals surface area contributed by atoms with Gasteiger partial charge in [-0.3, -0.25) is 0 Å². The van der Waals surface area contributed by atoms with Crippen LogP contribution in [-0.4, -0.2) is 59.6 Å². The van der Waals surface area contributed by atoms with Crippen LogP contribution in [0.4, 0.5) is 0 Å². The van der Waals surface area contributed by atoms with Crippen molar-refractivity contribution >= 4 is 0 Å². The standard InChI is InChI=1S/C21H40O5/c1-2-3-4-5-6-7-8-9-10-11-12-13-14-15-25-21-18(23)17-26-19(16-22)20(21)24/h12-13,18-24H,2-11,14-17H2,1H3/b13-12+/t18-,19+,20+,21+/m0/s1. The van der Waals surface area contributed by atoms with Gasteiger partial charge in [0.15, 0.2) is 0 Å². The summed E-state index contributed by atoms with van der Waals surface area (Å²) in [6, 6.07) is 0. The minimum absolute atomic E-state index is 0.0847. The van der Waals surface area contributed by atoms with E-state index in [-0.39, 0.29) is 13.2 Å². The van der Waals surface area contributed by atoms with E-state index in [9.17, 15) is 10.2 Å². The molecule has 1 aliphatic heterocycles. The van der Waals surface area contributed by atoms with Crippen molar-refractivity contribution in [3.8, 4) is 0 Å². The lowest BCUT2D eigenvalue weighted by Crippen LogP contribution is -2.55. The smallest absolute Gasteiger partial charge is 0.114 e. The minimum atomic E-state index is -0.991. The van der Waals surface area contributed by atoms with Crippen molar-refractivity contribution in [3.05, 3.63) is 12.2 Å². The second-order valence-corrected chi connectivity index (χ2v) is 7.32. The van der Waals surface area contributed by atoms with Gasteiger partial charge in [0, 0.05) is 0 Å². The second kappa shape index (κ2) is 15.6. The Labute approximate surface area is 159 Å². The van der Waals surface area contributed by atoms with Crippen molar-refractivity contribution in [3.63, 3.8) is 0 Å². The number of allylic oxidation sites excluding steroid dienone is 1. The van der Waals surface area contributed by atoms with Crippen molar-refractivity contribution in [1.29, 1.82) is 0 Å². The molecule has 0 spiro atoms. The third kappa shape index (κ3) is 10.0. The highest BCUT2D eigenvalue weighted by molar-refractivity contribution is 4.88. The van der Waals surface area contributed by atoms with Crippen LogP contribution in [0.15, 0.2) is 12.2 Å². The van der Waals surface area contributed by atoms with Crippen molar-refractivity contribution in [2.75, 3.05) is 19.8 Å². The molecule has 0 aromatic carbocycles. The molecule has 1 aliphatic rings. The number of aliphatic hydroxyl groups excluding tert-OH is 3. The molecule has 0 aliphatic carbocycles. The van der Waals surface area contributed by atoms with Gasteiger partial charge >= 0.3 is 0 Å². The van der Waals surface area contributed by atoms with E-state index in [0.29, 0.717) is 6.61 Å². The van der Waals surface area contributed by atoms with Crippen LogP contribution in [0.3, 0.4) is 0 Å². The first-order chi connectivity index (χ1) is 12.7. The first-order valence-corrected chi connectivity index (χ1v) is 10.6. The van der Waals surface area contributed by atoms with Gasteiger partial charge in [-0.15, -0.1) is 0 Å². The predicted molar refractivity (Wildman–Crippen MR) is 104 cm³/mol. The van der Waals surface area contributed by atoms with Crippen LogP contribution in [0, 0.1) is 0 Å². The third-order valence-electron chi connectivity index (χ3n) is 4.99. The molecule has 0 unspecified atom stereocenters. The fourth-order valence-corrected chi connectivity index (χ4v) is 3.31. The fraction of sp³-hybridized carbons (Fsp3) is 0.905. The van der Waals surface area contributed by atoms with Crippen LogP contribution in [0.5, 0.6) is 0 Å². The Bertz CT molecular complexity index is 347.